The largest absolute Gasteiger partial charge is 0.465 e. The Bertz CT molecular complexity index is 347. The highest BCUT2D eigenvalue weighted by atomic mass is 16.3. The molecule has 0 spiro atoms. The molecule has 1 fully saturated rings. The van der Waals surface area contributed by atoms with Gasteiger partial charge >= 0.3 is 0 Å². The Morgan fingerprint density at radius 1 is 1.50 bits per heavy atom. The number of hydrogen-bond donors (Lipinski definition) is 1. The minimum absolute atomic E-state index is 0.0693. The van der Waals surface area contributed by atoms with Gasteiger partial charge in [0.05, 0.1) is 6.54 Å². The molecule has 16 heavy (non-hydrogen) atoms. The van der Waals surface area contributed by atoms with Crippen LogP contribution >= 0.6 is 0 Å². The lowest BCUT2D eigenvalue weighted by Gasteiger charge is -2.38. The molecule has 3 nitrogen and oxygen atoms in total. The van der Waals surface area contributed by atoms with Crippen LogP contribution in [0.5, 0.6) is 0 Å². The molecule has 1 saturated heterocycles. The molecular weight excluding hydrogens is 202 g/mol. The van der Waals surface area contributed by atoms with Crippen LogP contribution in [0.1, 0.15) is 31.3 Å². The van der Waals surface area contributed by atoms with Crippen molar-refractivity contribution >= 4 is 0 Å². The van der Waals surface area contributed by atoms with Crippen LogP contribution in [0.3, 0.4) is 0 Å². The maximum absolute atomic E-state index is 9.39. The van der Waals surface area contributed by atoms with Gasteiger partial charge in [-0.3, -0.25) is 4.90 Å². The van der Waals surface area contributed by atoms with E-state index in [1.807, 2.05) is 19.1 Å². The predicted molar refractivity (Wildman–Crippen MR) is 63.1 cm³/mol. The third kappa shape index (κ3) is 2.66. The molecule has 1 aromatic heterocycles. The lowest BCUT2D eigenvalue weighted by Crippen LogP contribution is -2.43. The quantitative estimate of drug-likeness (QED) is 0.853. The van der Waals surface area contributed by atoms with Crippen LogP contribution in [0.4, 0.5) is 0 Å². The molecule has 0 aromatic carbocycles. The van der Waals surface area contributed by atoms with Crippen LogP contribution in [0.15, 0.2) is 16.5 Å². The fraction of sp³-hybridized carbons (Fsp3) is 0.692. The minimum atomic E-state index is 0.0693. The fourth-order valence-electron chi connectivity index (χ4n) is 2.48. The highest BCUT2D eigenvalue weighted by Gasteiger charge is 2.30. The van der Waals surface area contributed by atoms with Gasteiger partial charge in [-0.1, -0.05) is 6.92 Å². The van der Waals surface area contributed by atoms with Gasteiger partial charge in [0.25, 0.3) is 0 Å². The molecule has 0 aliphatic carbocycles. The molecule has 1 atom stereocenters. The highest BCUT2D eigenvalue weighted by molar-refractivity contribution is 5.05. The van der Waals surface area contributed by atoms with E-state index in [4.69, 9.17) is 4.42 Å². The second kappa shape index (κ2) is 4.60. The van der Waals surface area contributed by atoms with E-state index >= 15 is 0 Å². The molecule has 0 bridgehead atoms. The Labute approximate surface area is 97.1 Å². The summed E-state index contributed by atoms with van der Waals surface area (Å²) in [6, 6.07) is 4.05. The van der Waals surface area contributed by atoms with E-state index in [9.17, 15) is 5.11 Å². The predicted octanol–water partition coefficient (Wildman–Crippen LogP) is 2.18. The van der Waals surface area contributed by atoms with Crippen molar-refractivity contribution in [1.29, 1.82) is 0 Å². The van der Waals surface area contributed by atoms with E-state index in [0.29, 0.717) is 0 Å². The van der Waals surface area contributed by atoms with Gasteiger partial charge in [-0.15, -0.1) is 0 Å². The minimum Gasteiger partial charge on any atom is -0.465 e. The molecule has 90 valence electrons. The van der Waals surface area contributed by atoms with E-state index in [1.54, 1.807) is 0 Å². The maximum atomic E-state index is 9.39. The van der Waals surface area contributed by atoms with Crippen molar-refractivity contribution in [3.63, 3.8) is 0 Å². The third-order valence-electron chi connectivity index (χ3n) is 3.42. The lowest BCUT2D eigenvalue weighted by molar-refractivity contribution is 0.0398. The van der Waals surface area contributed by atoms with E-state index in [-0.39, 0.29) is 12.0 Å². The highest BCUT2D eigenvalue weighted by Crippen LogP contribution is 2.29. The zero-order chi connectivity index (χ0) is 11.6. The van der Waals surface area contributed by atoms with Crippen LogP contribution in [-0.2, 0) is 6.54 Å². The van der Waals surface area contributed by atoms with Gasteiger partial charge in [0, 0.05) is 18.6 Å². The Morgan fingerprint density at radius 3 is 2.94 bits per heavy atom. The van der Waals surface area contributed by atoms with Gasteiger partial charge in [-0.2, -0.15) is 0 Å². The zero-order valence-electron chi connectivity index (χ0n) is 10.2. The topological polar surface area (TPSA) is 36.6 Å². The number of nitrogens with zero attached hydrogens (tertiary/aromatic N) is 1. The van der Waals surface area contributed by atoms with Crippen LogP contribution in [0.2, 0.25) is 0 Å². The van der Waals surface area contributed by atoms with Gasteiger partial charge in [-0.05, 0) is 38.4 Å². The molecule has 1 aromatic rings. The summed E-state index contributed by atoms with van der Waals surface area (Å²) in [5.74, 6) is 2.00. The molecule has 0 saturated carbocycles. The number of rotatable bonds is 3. The Kier molecular flexibility index (Phi) is 3.36. The first-order valence-corrected chi connectivity index (χ1v) is 6.00. The van der Waals surface area contributed by atoms with E-state index in [0.717, 1.165) is 44.0 Å². The fourth-order valence-corrected chi connectivity index (χ4v) is 2.48. The second-order valence-electron chi connectivity index (χ2n) is 5.30. The molecule has 1 aliphatic rings. The second-order valence-corrected chi connectivity index (χ2v) is 5.30. The van der Waals surface area contributed by atoms with Gasteiger partial charge in [-0.25, -0.2) is 0 Å². The summed E-state index contributed by atoms with van der Waals surface area (Å²) in [7, 11) is 0. The van der Waals surface area contributed by atoms with Crippen molar-refractivity contribution in [3.05, 3.63) is 23.7 Å². The number of aliphatic hydroxyl groups is 1. The average molecular weight is 223 g/mol. The first-order chi connectivity index (χ1) is 7.61. The standard InChI is InChI=1S/C13H21NO2/c1-11-4-5-12(16-11)8-14-7-3-6-13(2,9-14)10-15/h4-5,15H,3,6-10H2,1-2H3. The molecule has 1 unspecified atom stereocenters. The van der Waals surface area contributed by atoms with Crippen molar-refractivity contribution in [3.8, 4) is 0 Å². The van der Waals surface area contributed by atoms with Crippen molar-refractivity contribution in [2.24, 2.45) is 5.41 Å². The van der Waals surface area contributed by atoms with Gasteiger partial charge < -0.3 is 9.52 Å². The van der Waals surface area contributed by atoms with E-state index in [1.165, 1.54) is 0 Å². The van der Waals surface area contributed by atoms with Crippen molar-refractivity contribution in [2.75, 3.05) is 19.7 Å². The molecule has 0 radical (unpaired) electrons. The Morgan fingerprint density at radius 2 is 2.31 bits per heavy atom. The molecule has 2 rings (SSSR count). The monoisotopic (exact) mass is 223 g/mol. The number of piperidine rings is 1. The Hall–Kier alpha value is -0.800. The van der Waals surface area contributed by atoms with Crippen LogP contribution < -0.4 is 0 Å². The summed E-state index contributed by atoms with van der Waals surface area (Å²) in [6.45, 7) is 7.34. The molecular formula is C13H21NO2. The third-order valence-corrected chi connectivity index (χ3v) is 3.42. The lowest BCUT2D eigenvalue weighted by atomic mass is 9.83. The van der Waals surface area contributed by atoms with Gasteiger partial charge in [0.2, 0.25) is 0 Å². The molecule has 1 N–H and O–H groups in total. The molecule has 1 aliphatic heterocycles. The summed E-state index contributed by atoms with van der Waals surface area (Å²) in [5, 5.41) is 9.39. The Balaban J connectivity index is 1.95. The first-order valence-electron chi connectivity index (χ1n) is 6.00. The summed E-state index contributed by atoms with van der Waals surface area (Å²) in [5.41, 5.74) is 0.0693. The zero-order valence-corrected chi connectivity index (χ0v) is 10.2. The number of aliphatic hydroxyl groups excluding tert-OH is 1. The number of hydrogen-bond acceptors (Lipinski definition) is 3. The SMILES string of the molecule is Cc1ccc(CN2CCCC(C)(CO)C2)o1. The van der Waals surface area contributed by atoms with Gasteiger partial charge in [0.1, 0.15) is 11.5 Å². The average Bonchev–Trinajstić information content (AvgIpc) is 2.64. The summed E-state index contributed by atoms with van der Waals surface area (Å²) in [6.07, 6.45) is 2.29. The smallest absolute Gasteiger partial charge is 0.118 e. The molecule has 3 heteroatoms. The van der Waals surface area contributed by atoms with Crippen molar-refractivity contribution in [1.82, 2.24) is 4.90 Å². The van der Waals surface area contributed by atoms with Crippen molar-refractivity contribution in [2.45, 2.75) is 33.2 Å². The van der Waals surface area contributed by atoms with Gasteiger partial charge in [0.15, 0.2) is 0 Å². The number of likely N-dealkylation sites (tertiary alicyclic amines) is 1. The normalized spacial score (nSPS) is 27.2. The summed E-state index contributed by atoms with van der Waals surface area (Å²) in [4.78, 5) is 2.37. The summed E-state index contributed by atoms with van der Waals surface area (Å²) < 4.78 is 5.58. The molecule has 0 amide bonds. The van der Waals surface area contributed by atoms with E-state index in [2.05, 4.69) is 11.8 Å². The first kappa shape index (κ1) is 11.7. The van der Waals surface area contributed by atoms with Crippen LogP contribution in [-0.4, -0.2) is 29.7 Å². The number of aryl methyl sites for hydroxylation is 1. The summed E-state index contributed by atoms with van der Waals surface area (Å²) >= 11 is 0. The molecule has 2 heterocycles. The van der Waals surface area contributed by atoms with E-state index < -0.39 is 0 Å². The number of furan rings is 1. The van der Waals surface area contributed by atoms with Crippen molar-refractivity contribution < 1.29 is 9.52 Å². The maximum Gasteiger partial charge on any atom is 0.118 e. The van der Waals surface area contributed by atoms with Crippen LogP contribution in [0, 0.1) is 12.3 Å². The van der Waals surface area contributed by atoms with Crippen LogP contribution in [0.25, 0.3) is 0 Å².